The SMILES string of the molecule is CCO[P@](=O)(Cl)Oc1ccc(Cl)cc1. The van der Waals surface area contributed by atoms with Gasteiger partial charge >= 0.3 is 6.95 Å². The fourth-order valence-corrected chi connectivity index (χ4v) is 2.19. The van der Waals surface area contributed by atoms with Gasteiger partial charge in [0.1, 0.15) is 5.75 Å². The molecule has 78 valence electrons. The molecule has 0 bridgehead atoms. The van der Waals surface area contributed by atoms with Crippen LogP contribution in [0.3, 0.4) is 0 Å². The van der Waals surface area contributed by atoms with Crippen LogP contribution in [0.2, 0.25) is 5.02 Å². The largest absolute Gasteiger partial charge is 0.476 e. The lowest BCUT2D eigenvalue weighted by Gasteiger charge is -2.11. The van der Waals surface area contributed by atoms with Gasteiger partial charge in [0.25, 0.3) is 0 Å². The van der Waals surface area contributed by atoms with E-state index in [1.807, 2.05) is 0 Å². The molecule has 0 aliphatic rings. The molecule has 0 aliphatic heterocycles. The molecule has 1 rings (SSSR count). The van der Waals surface area contributed by atoms with E-state index in [1.54, 1.807) is 31.2 Å². The standard InChI is InChI=1S/C8H9Cl2O3P/c1-2-12-14(10,11)13-8-5-3-7(9)4-6-8/h3-6H,2H2,1H3/t14-/m1/s1. The third kappa shape index (κ3) is 3.89. The van der Waals surface area contributed by atoms with Crippen LogP contribution in [0.4, 0.5) is 0 Å². The van der Waals surface area contributed by atoms with Crippen LogP contribution in [0, 0.1) is 0 Å². The molecule has 0 saturated carbocycles. The molecule has 0 aromatic heterocycles. The first-order valence-electron chi connectivity index (χ1n) is 3.93. The molecule has 0 heterocycles. The summed E-state index contributed by atoms with van der Waals surface area (Å²) in [6, 6.07) is 6.35. The van der Waals surface area contributed by atoms with Crippen LogP contribution in [0.1, 0.15) is 6.92 Å². The van der Waals surface area contributed by atoms with Gasteiger partial charge in [-0.25, -0.2) is 4.57 Å². The van der Waals surface area contributed by atoms with Gasteiger partial charge in [0.2, 0.25) is 0 Å². The van der Waals surface area contributed by atoms with Crippen LogP contribution in [-0.4, -0.2) is 6.61 Å². The third-order valence-electron chi connectivity index (χ3n) is 1.31. The second kappa shape index (κ2) is 5.04. The van der Waals surface area contributed by atoms with Gasteiger partial charge in [-0.2, -0.15) is 0 Å². The van der Waals surface area contributed by atoms with Crippen LogP contribution in [-0.2, 0) is 9.09 Å². The van der Waals surface area contributed by atoms with Crippen LogP contribution in [0.15, 0.2) is 24.3 Å². The van der Waals surface area contributed by atoms with Crippen molar-refractivity contribution in [3.05, 3.63) is 29.3 Å². The molecule has 3 nitrogen and oxygen atoms in total. The van der Waals surface area contributed by atoms with Crippen molar-refractivity contribution in [3.63, 3.8) is 0 Å². The van der Waals surface area contributed by atoms with Gasteiger partial charge in [-0.3, -0.25) is 4.52 Å². The minimum atomic E-state index is -3.50. The molecule has 1 aromatic carbocycles. The normalized spacial score (nSPS) is 14.8. The van der Waals surface area contributed by atoms with Crippen molar-refractivity contribution in [1.82, 2.24) is 0 Å². The summed E-state index contributed by atoms with van der Waals surface area (Å²) in [6.45, 7) is -1.59. The van der Waals surface area contributed by atoms with Gasteiger partial charge in [0, 0.05) is 16.3 Å². The molecule has 0 radical (unpaired) electrons. The molecular formula is C8H9Cl2O3P. The topological polar surface area (TPSA) is 35.5 Å². The number of hydrogen-bond acceptors (Lipinski definition) is 3. The summed E-state index contributed by atoms with van der Waals surface area (Å²) in [6.07, 6.45) is 0. The number of benzene rings is 1. The van der Waals surface area contributed by atoms with Gasteiger partial charge in [-0.15, -0.1) is 0 Å². The average molecular weight is 255 g/mol. The van der Waals surface area contributed by atoms with Gasteiger partial charge in [0.15, 0.2) is 0 Å². The van der Waals surface area contributed by atoms with Crippen molar-refractivity contribution < 1.29 is 13.6 Å². The molecule has 0 fully saturated rings. The van der Waals surface area contributed by atoms with Gasteiger partial charge < -0.3 is 4.52 Å². The van der Waals surface area contributed by atoms with E-state index < -0.39 is 6.95 Å². The Morgan fingerprint density at radius 3 is 2.43 bits per heavy atom. The Hall–Kier alpha value is -0.210. The van der Waals surface area contributed by atoms with Crippen molar-refractivity contribution in [3.8, 4) is 5.75 Å². The Bertz CT molecular complexity index is 339. The van der Waals surface area contributed by atoms with E-state index in [-0.39, 0.29) is 6.61 Å². The second-order valence-corrected chi connectivity index (χ2v) is 5.37. The van der Waals surface area contributed by atoms with E-state index >= 15 is 0 Å². The molecule has 6 heteroatoms. The molecule has 0 amide bonds. The summed E-state index contributed by atoms with van der Waals surface area (Å²) in [5, 5.41) is 0.568. The minimum Gasteiger partial charge on any atom is -0.413 e. The van der Waals surface area contributed by atoms with Crippen LogP contribution in [0.25, 0.3) is 0 Å². The fourth-order valence-electron chi connectivity index (χ4n) is 0.802. The first kappa shape index (κ1) is 11.9. The Kier molecular flexibility index (Phi) is 4.27. The maximum absolute atomic E-state index is 11.4. The highest BCUT2D eigenvalue weighted by Gasteiger charge is 2.21. The van der Waals surface area contributed by atoms with E-state index in [2.05, 4.69) is 0 Å². The molecule has 1 aromatic rings. The van der Waals surface area contributed by atoms with E-state index in [9.17, 15) is 4.57 Å². The first-order chi connectivity index (χ1) is 6.53. The Morgan fingerprint density at radius 1 is 1.36 bits per heavy atom. The van der Waals surface area contributed by atoms with Crippen molar-refractivity contribution in [2.45, 2.75) is 6.92 Å². The zero-order chi connectivity index (χ0) is 10.6. The zero-order valence-corrected chi connectivity index (χ0v) is 9.85. The zero-order valence-electron chi connectivity index (χ0n) is 7.44. The molecule has 0 saturated heterocycles. The van der Waals surface area contributed by atoms with E-state index in [4.69, 9.17) is 31.9 Å². The quantitative estimate of drug-likeness (QED) is 0.759. The maximum Gasteiger partial charge on any atom is 0.476 e. The summed E-state index contributed by atoms with van der Waals surface area (Å²) < 4.78 is 21.0. The smallest absolute Gasteiger partial charge is 0.413 e. The molecule has 0 N–H and O–H groups in total. The van der Waals surface area contributed by atoms with Gasteiger partial charge in [-0.1, -0.05) is 11.6 Å². The Balaban J connectivity index is 2.69. The number of rotatable bonds is 4. The summed E-state index contributed by atoms with van der Waals surface area (Å²) in [7, 11) is 0. The van der Waals surface area contributed by atoms with Crippen molar-refractivity contribution in [1.29, 1.82) is 0 Å². The maximum atomic E-state index is 11.4. The van der Waals surface area contributed by atoms with Gasteiger partial charge in [0.05, 0.1) is 6.61 Å². The van der Waals surface area contributed by atoms with Gasteiger partial charge in [-0.05, 0) is 31.2 Å². The summed E-state index contributed by atoms with van der Waals surface area (Å²) >= 11 is 11.1. The minimum absolute atomic E-state index is 0.231. The first-order valence-corrected chi connectivity index (χ1v) is 6.75. The Labute approximate surface area is 92.3 Å². The number of hydrogen-bond donors (Lipinski definition) is 0. The molecule has 0 aliphatic carbocycles. The highest BCUT2D eigenvalue weighted by Crippen LogP contribution is 2.53. The van der Waals surface area contributed by atoms with Crippen LogP contribution >= 0.6 is 29.8 Å². The third-order valence-corrected chi connectivity index (χ3v) is 3.06. The number of halogens is 2. The van der Waals surface area contributed by atoms with Crippen LogP contribution in [0.5, 0.6) is 5.75 Å². The van der Waals surface area contributed by atoms with Crippen LogP contribution < -0.4 is 4.52 Å². The molecule has 1 atom stereocenters. The predicted molar refractivity (Wildman–Crippen MR) is 57.2 cm³/mol. The van der Waals surface area contributed by atoms with E-state index in [0.717, 1.165) is 0 Å². The molecule has 0 unspecified atom stereocenters. The lowest BCUT2D eigenvalue weighted by atomic mass is 10.3. The van der Waals surface area contributed by atoms with Crippen molar-refractivity contribution >= 4 is 29.8 Å². The predicted octanol–water partition coefficient (Wildman–Crippen LogP) is 4.10. The monoisotopic (exact) mass is 254 g/mol. The Morgan fingerprint density at radius 2 is 1.93 bits per heavy atom. The fraction of sp³-hybridized carbons (Fsp3) is 0.250. The molecular weight excluding hydrogens is 246 g/mol. The highest BCUT2D eigenvalue weighted by atomic mass is 35.7. The van der Waals surface area contributed by atoms with Crippen molar-refractivity contribution in [2.75, 3.05) is 6.61 Å². The second-order valence-electron chi connectivity index (χ2n) is 2.39. The average Bonchev–Trinajstić information content (AvgIpc) is 2.08. The summed E-state index contributed by atoms with van der Waals surface area (Å²) in [5.41, 5.74) is 0. The lowest BCUT2D eigenvalue weighted by molar-refractivity contribution is 0.295. The summed E-state index contributed by atoms with van der Waals surface area (Å²) in [5.74, 6) is 0.362. The highest BCUT2D eigenvalue weighted by molar-refractivity contribution is 7.81. The van der Waals surface area contributed by atoms with E-state index in [0.29, 0.717) is 10.8 Å². The van der Waals surface area contributed by atoms with Crippen molar-refractivity contribution in [2.24, 2.45) is 0 Å². The molecule has 0 spiro atoms. The lowest BCUT2D eigenvalue weighted by Crippen LogP contribution is -1.91. The van der Waals surface area contributed by atoms with E-state index in [1.165, 1.54) is 0 Å². The summed E-state index contributed by atoms with van der Waals surface area (Å²) in [4.78, 5) is 0. The molecule has 14 heavy (non-hydrogen) atoms.